The van der Waals surface area contributed by atoms with Crippen molar-refractivity contribution in [2.45, 2.75) is 25.7 Å². The van der Waals surface area contributed by atoms with E-state index in [4.69, 9.17) is 0 Å². The molecule has 1 N–H and O–H groups in total. The quantitative estimate of drug-likeness (QED) is 0.858. The highest BCUT2D eigenvalue weighted by molar-refractivity contribution is 5.59. The van der Waals surface area contributed by atoms with Crippen LogP contribution in [0.5, 0.6) is 0 Å². The molecular formula is C15H25N5. The first-order valence-electron chi connectivity index (χ1n) is 7.63. The van der Waals surface area contributed by atoms with E-state index in [-0.39, 0.29) is 0 Å². The van der Waals surface area contributed by atoms with E-state index in [9.17, 15) is 0 Å². The van der Waals surface area contributed by atoms with E-state index in [1.54, 1.807) is 12.4 Å². The molecule has 2 heterocycles. The normalized spacial score (nSPS) is 20.9. The minimum Gasteiger partial charge on any atom is -0.366 e. The Labute approximate surface area is 121 Å². The van der Waals surface area contributed by atoms with Gasteiger partial charge >= 0.3 is 0 Å². The van der Waals surface area contributed by atoms with Crippen LogP contribution in [0.25, 0.3) is 0 Å². The van der Waals surface area contributed by atoms with Crippen molar-refractivity contribution >= 4 is 11.6 Å². The van der Waals surface area contributed by atoms with E-state index < -0.39 is 0 Å². The number of nitrogens with zero attached hydrogens (tertiary/aromatic N) is 4. The second kappa shape index (κ2) is 5.56. The first kappa shape index (κ1) is 13.6. The van der Waals surface area contributed by atoms with Crippen molar-refractivity contribution in [2.24, 2.45) is 5.41 Å². The maximum absolute atomic E-state index is 4.43. The van der Waals surface area contributed by atoms with Gasteiger partial charge in [-0.15, -0.1) is 0 Å². The molecule has 1 saturated heterocycles. The number of rotatable bonds is 6. The molecule has 0 aromatic carbocycles. The third-order valence-corrected chi connectivity index (χ3v) is 4.45. The predicted molar refractivity (Wildman–Crippen MR) is 82.2 cm³/mol. The van der Waals surface area contributed by atoms with Gasteiger partial charge in [0.25, 0.3) is 0 Å². The Morgan fingerprint density at radius 1 is 1.20 bits per heavy atom. The van der Waals surface area contributed by atoms with Gasteiger partial charge in [0.05, 0.1) is 0 Å². The Hall–Kier alpha value is -1.36. The molecule has 20 heavy (non-hydrogen) atoms. The number of aromatic nitrogens is 2. The summed E-state index contributed by atoms with van der Waals surface area (Å²) in [6, 6.07) is 0. The van der Waals surface area contributed by atoms with Crippen LogP contribution in [0.15, 0.2) is 12.4 Å². The van der Waals surface area contributed by atoms with Gasteiger partial charge in [0.1, 0.15) is 0 Å². The van der Waals surface area contributed by atoms with Crippen LogP contribution in [-0.4, -0.2) is 55.1 Å². The summed E-state index contributed by atoms with van der Waals surface area (Å²) in [4.78, 5) is 13.5. The highest BCUT2D eigenvalue weighted by atomic mass is 15.2. The second-order valence-corrected chi connectivity index (χ2v) is 6.46. The Morgan fingerprint density at radius 2 is 1.90 bits per heavy atom. The van der Waals surface area contributed by atoms with Crippen LogP contribution in [0.4, 0.5) is 11.6 Å². The van der Waals surface area contributed by atoms with Crippen LogP contribution in [0.3, 0.4) is 0 Å². The lowest BCUT2D eigenvalue weighted by atomic mass is 10.1. The maximum Gasteiger partial charge on any atom is 0.171 e. The van der Waals surface area contributed by atoms with Gasteiger partial charge in [-0.25, -0.2) is 9.97 Å². The molecule has 3 rings (SSSR count). The molecule has 0 radical (unpaired) electrons. The van der Waals surface area contributed by atoms with Crippen LogP contribution in [0.1, 0.15) is 25.7 Å². The molecule has 1 aliphatic carbocycles. The molecule has 1 aromatic heterocycles. The summed E-state index contributed by atoms with van der Waals surface area (Å²) in [6.45, 7) is 4.84. The lowest BCUT2D eigenvalue weighted by Crippen LogP contribution is -2.32. The molecule has 0 amide bonds. The molecule has 1 saturated carbocycles. The largest absolute Gasteiger partial charge is 0.366 e. The topological polar surface area (TPSA) is 44.3 Å². The molecular weight excluding hydrogens is 250 g/mol. The van der Waals surface area contributed by atoms with Crippen molar-refractivity contribution in [3.05, 3.63) is 12.4 Å². The minimum absolute atomic E-state index is 0.478. The Bertz CT molecular complexity index is 449. The fourth-order valence-corrected chi connectivity index (χ4v) is 3.04. The van der Waals surface area contributed by atoms with Crippen molar-refractivity contribution in [3.63, 3.8) is 0 Å². The lowest BCUT2D eigenvalue weighted by Gasteiger charge is -2.24. The number of anilines is 2. The number of likely N-dealkylation sites (tertiary alicyclic amines) is 1. The smallest absolute Gasteiger partial charge is 0.171 e. The molecule has 0 spiro atoms. The van der Waals surface area contributed by atoms with Crippen LogP contribution in [0.2, 0.25) is 0 Å². The van der Waals surface area contributed by atoms with E-state index >= 15 is 0 Å². The van der Waals surface area contributed by atoms with Gasteiger partial charge in [0.2, 0.25) is 0 Å². The van der Waals surface area contributed by atoms with Crippen LogP contribution in [-0.2, 0) is 0 Å². The molecule has 5 nitrogen and oxygen atoms in total. The van der Waals surface area contributed by atoms with Crippen molar-refractivity contribution < 1.29 is 0 Å². The summed E-state index contributed by atoms with van der Waals surface area (Å²) in [6.07, 6.45) is 8.94. The van der Waals surface area contributed by atoms with E-state index in [2.05, 4.69) is 20.2 Å². The standard InChI is InChI=1S/C15H25N5/c1-19(2)14-13(16-7-8-17-14)18-11-15(5-6-15)12-20-9-3-4-10-20/h7-8H,3-6,9-12H2,1-2H3,(H,16,18). The van der Waals surface area contributed by atoms with Gasteiger partial charge < -0.3 is 15.1 Å². The van der Waals surface area contributed by atoms with Gasteiger partial charge in [0.15, 0.2) is 11.6 Å². The van der Waals surface area contributed by atoms with Gasteiger partial charge in [-0.05, 0) is 38.8 Å². The summed E-state index contributed by atoms with van der Waals surface area (Å²) in [5, 5.41) is 3.53. The summed E-state index contributed by atoms with van der Waals surface area (Å²) in [7, 11) is 4.01. The fraction of sp³-hybridized carbons (Fsp3) is 0.733. The molecule has 0 unspecified atom stereocenters. The molecule has 2 fully saturated rings. The van der Waals surface area contributed by atoms with Crippen LogP contribution < -0.4 is 10.2 Å². The zero-order valence-electron chi connectivity index (χ0n) is 12.6. The highest BCUT2D eigenvalue weighted by Crippen LogP contribution is 2.46. The van der Waals surface area contributed by atoms with Crippen molar-refractivity contribution in [1.82, 2.24) is 14.9 Å². The SMILES string of the molecule is CN(C)c1nccnc1NCC1(CN2CCCC2)CC1. The minimum atomic E-state index is 0.478. The highest BCUT2D eigenvalue weighted by Gasteiger charge is 2.44. The first-order chi connectivity index (χ1) is 9.69. The van der Waals surface area contributed by atoms with Crippen molar-refractivity contribution in [2.75, 3.05) is 50.5 Å². The monoisotopic (exact) mass is 275 g/mol. The third-order valence-electron chi connectivity index (χ3n) is 4.45. The zero-order valence-corrected chi connectivity index (χ0v) is 12.6. The molecule has 0 atom stereocenters. The van der Waals surface area contributed by atoms with E-state index in [1.807, 2.05) is 19.0 Å². The summed E-state index contributed by atoms with van der Waals surface area (Å²) in [5.41, 5.74) is 0.478. The Balaban J connectivity index is 1.59. The average Bonchev–Trinajstić information content (AvgIpc) is 3.01. The van der Waals surface area contributed by atoms with E-state index in [1.165, 1.54) is 45.3 Å². The van der Waals surface area contributed by atoms with Gasteiger partial charge in [-0.3, -0.25) is 0 Å². The van der Waals surface area contributed by atoms with Crippen molar-refractivity contribution in [1.29, 1.82) is 0 Å². The summed E-state index contributed by atoms with van der Waals surface area (Å²) >= 11 is 0. The van der Waals surface area contributed by atoms with Gasteiger partial charge in [0, 0.05) is 45.0 Å². The summed E-state index contributed by atoms with van der Waals surface area (Å²) in [5.74, 6) is 1.83. The lowest BCUT2D eigenvalue weighted by molar-refractivity contribution is 0.271. The average molecular weight is 275 g/mol. The zero-order chi connectivity index (χ0) is 14.0. The molecule has 2 aliphatic rings. The fourth-order valence-electron chi connectivity index (χ4n) is 3.04. The molecule has 1 aliphatic heterocycles. The van der Waals surface area contributed by atoms with Crippen molar-refractivity contribution in [3.8, 4) is 0 Å². The molecule has 5 heteroatoms. The molecule has 1 aromatic rings. The van der Waals surface area contributed by atoms with Gasteiger partial charge in [-0.2, -0.15) is 0 Å². The molecule has 110 valence electrons. The number of hydrogen-bond acceptors (Lipinski definition) is 5. The van der Waals surface area contributed by atoms with E-state index in [0.29, 0.717) is 5.41 Å². The number of hydrogen-bond donors (Lipinski definition) is 1. The van der Waals surface area contributed by atoms with Crippen LogP contribution >= 0.6 is 0 Å². The van der Waals surface area contributed by atoms with E-state index in [0.717, 1.165) is 18.2 Å². The Kier molecular flexibility index (Phi) is 3.78. The molecule has 0 bridgehead atoms. The first-order valence-corrected chi connectivity index (χ1v) is 7.63. The van der Waals surface area contributed by atoms with Gasteiger partial charge in [-0.1, -0.05) is 0 Å². The third kappa shape index (κ3) is 3.03. The Morgan fingerprint density at radius 3 is 2.55 bits per heavy atom. The summed E-state index contributed by atoms with van der Waals surface area (Å²) < 4.78 is 0. The van der Waals surface area contributed by atoms with Crippen LogP contribution in [0, 0.1) is 5.41 Å². The predicted octanol–water partition coefficient (Wildman–Crippen LogP) is 1.83. The maximum atomic E-state index is 4.43. The number of nitrogens with one attached hydrogen (secondary N) is 1. The second-order valence-electron chi connectivity index (χ2n) is 6.46.